The first-order valence-corrected chi connectivity index (χ1v) is 10.8. The molecule has 156 valence electrons. The quantitative estimate of drug-likeness (QED) is 0.529. The van der Waals surface area contributed by atoms with Gasteiger partial charge in [-0.15, -0.1) is 5.10 Å². The maximum Gasteiger partial charge on any atom is 0.202 e. The van der Waals surface area contributed by atoms with Crippen LogP contribution in [0, 0.1) is 13.8 Å². The Hall–Kier alpha value is -3.61. The van der Waals surface area contributed by atoms with Gasteiger partial charge in [0.05, 0.1) is 22.8 Å². The molecule has 0 unspecified atom stereocenters. The number of nitrogens with zero attached hydrogens (tertiary/aromatic N) is 5. The van der Waals surface area contributed by atoms with E-state index in [1.807, 2.05) is 36.7 Å². The first kappa shape index (κ1) is 18.2. The molecule has 2 aromatic heterocycles. The molecule has 6 rings (SSSR count). The lowest BCUT2D eigenvalue weighted by Gasteiger charge is -2.30. The van der Waals surface area contributed by atoms with Crippen LogP contribution in [0.3, 0.4) is 0 Å². The summed E-state index contributed by atoms with van der Waals surface area (Å²) in [5.41, 5.74) is 6.25. The van der Waals surface area contributed by atoms with E-state index in [4.69, 9.17) is 10.1 Å². The van der Waals surface area contributed by atoms with Crippen LogP contribution in [0.25, 0.3) is 5.65 Å². The number of nitrogens with one attached hydrogen (secondary N) is 2. The van der Waals surface area contributed by atoms with E-state index < -0.39 is 5.66 Å². The first-order valence-electron chi connectivity index (χ1n) is 10.8. The normalized spacial score (nSPS) is 16.9. The highest BCUT2D eigenvalue weighted by atomic mass is 15.4. The van der Waals surface area contributed by atoms with Gasteiger partial charge in [0.2, 0.25) is 5.82 Å². The number of anilines is 3. The monoisotopic (exact) mass is 411 g/mol. The Morgan fingerprint density at radius 1 is 0.935 bits per heavy atom. The molecule has 2 aromatic carbocycles. The molecule has 31 heavy (non-hydrogen) atoms. The Kier molecular flexibility index (Phi) is 3.93. The molecule has 2 N–H and O–H groups in total. The Bertz CT molecular complexity index is 1220. The van der Waals surface area contributed by atoms with Gasteiger partial charge < -0.3 is 15.5 Å². The van der Waals surface area contributed by atoms with Gasteiger partial charge in [-0.05, 0) is 51.0 Å². The van der Waals surface area contributed by atoms with Gasteiger partial charge in [-0.3, -0.25) is 4.98 Å². The highest BCUT2D eigenvalue weighted by Crippen LogP contribution is 2.43. The molecule has 2 aliphatic rings. The lowest BCUT2D eigenvalue weighted by Crippen LogP contribution is -2.41. The Balaban J connectivity index is 1.55. The van der Waals surface area contributed by atoms with Gasteiger partial charge in [0.25, 0.3) is 0 Å². The molecule has 4 aromatic rings. The number of benzene rings is 2. The minimum atomic E-state index is -0.760. The zero-order valence-electron chi connectivity index (χ0n) is 17.8. The van der Waals surface area contributed by atoms with Crippen LogP contribution in [0.15, 0.2) is 54.7 Å². The van der Waals surface area contributed by atoms with Crippen LogP contribution in [0.5, 0.6) is 0 Å². The second kappa shape index (κ2) is 6.70. The summed E-state index contributed by atoms with van der Waals surface area (Å²) in [4.78, 5) is 11.9. The number of hydrogen-bond acceptors (Lipinski definition) is 6. The van der Waals surface area contributed by atoms with E-state index in [0.29, 0.717) is 5.82 Å². The fourth-order valence-electron chi connectivity index (χ4n) is 4.69. The van der Waals surface area contributed by atoms with Crippen molar-refractivity contribution in [3.8, 4) is 0 Å². The van der Waals surface area contributed by atoms with Gasteiger partial charge in [0, 0.05) is 30.5 Å². The van der Waals surface area contributed by atoms with Crippen LogP contribution in [0.4, 0.5) is 17.1 Å². The second-order valence-corrected chi connectivity index (χ2v) is 8.45. The SMILES string of the molecule is Cc1ncc(C)n2nc(C3(c4cccc(N5CCCC5)c4)Nc4ccccc4N3)nc12. The zero-order chi connectivity index (χ0) is 21.0. The molecule has 1 saturated heterocycles. The van der Waals surface area contributed by atoms with Crippen LogP contribution in [-0.4, -0.2) is 32.7 Å². The zero-order valence-corrected chi connectivity index (χ0v) is 17.8. The Morgan fingerprint density at radius 3 is 2.39 bits per heavy atom. The number of aryl methyl sites for hydroxylation is 2. The van der Waals surface area contributed by atoms with Gasteiger partial charge in [0.15, 0.2) is 11.3 Å². The van der Waals surface area contributed by atoms with Gasteiger partial charge >= 0.3 is 0 Å². The summed E-state index contributed by atoms with van der Waals surface area (Å²) in [6.45, 7) is 6.18. The molecule has 2 aliphatic heterocycles. The van der Waals surface area contributed by atoms with Crippen molar-refractivity contribution >= 4 is 22.7 Å². The van der Waals surface area contributed by atoms with Crippen LogP contribution in [0.1, 0.15) is 35.6 Å². The van der Waals surface area contributed by atoms with Gasteiger partial charge in [-0.1, -0.05) is 24.3 Å². The third-order valence-corrected chi connectivity index (χ3v) is 6.37. The minimum absolute atomic E-state index is 0.682. The van der Waals surface area contributed by atoms with Gasteiger partial charge in [-0.25, -0.2) is 9.50 Å². The van der Waals surface area contributed by atoms with E-state index in [1.165, 1.54) is 18.5 Å². The fraction of sp³-hybridized carbons (Fsp3) is 0.292. The molecule has 0 atom stereocenters. The van der Waals surface area contributed by atoms with Crippen molar-refractivity contribution < 1.29 is 0 Å². The fourth-order valence-corrected chi connectivity index (χ4v) is 4.69. The van der Waals surface area contributed by atoms with E-state index in [-0.39, 0.29) is 0 Å². The van der Waals surface area contributed by atoms with E-state index in [9.17, 15) is 0 Å². The van der Waals surface area contributed by atoms with E-state index >= 15 is 0 Å². The predicted octanol–water partition coefficient (Wildman–Crippen LogP) is 4.08. The van der Waals surface area contributed by atoms with Crippen molar-refractivity contribution in [2.45, 2.75) is 32.4 Å². The summed E-state index contributed by atoms with van der Waals surface area (Å²) in [5.74, 6) is 0.682. The molecule has 1 fully saturated rings. The summed E-state index contributed by atoms with van der Waals surface area (Å²) in [6, 6.07) is 17.0. The molecule has 0 aliphatic carbocycles. The third-order valence-electron chi connectivity index (χ3n) is 6.37. The number of rotatable bonds is 3. The number of para-hydroxylation sites is 2. The first-order chi connectivity index (χ1) is 15.1. The molecule has 7 nitrogen and oxygen atoms in total. The van der Waals surface area contributed by atoms with Crippen molar-refractivity contribution in [1.29, 1.82) is 0 Å². The number of hydrogen-bond donors (Lipinski definition) is 2. The molecular formula is C24H25N7. The molecule has 4 heterocycles. The molecule has 0 saturated carbocycles. The van der Waals surface area contributed by atoms with Gasteiger partial charge in [-0.2, -0.15) is 0 Å². The molecule has 7 heteroatoms. The summed E-state index contributed by atoms with van der Waals surface area (Å²) in [5, 5.41) is 12.4. The van der Waals surface area contributed by atoms with E-state index in [2.05, 4.69) is 56.9 Å². The molecule has 0 amide bonds. The standard InChI is InChI=1S/C24H25N7/c1-16-15-25-17(2)22-26-23(29-31(16)22)24(27-20-10-3-4-11-21(20)28-24)18-8-7-9-19(14-18)30-12-5-6-13-30/h3-4,7-11,14-15,27-28H,5-6,12-13H2,1-2H3. The van der Waals surface area contributed by atoms with Crippen molar-refractivity contribution in [3.63, 3.8) is 0 Å². The summed E-state index contributed by atoms with van der Waals surface area (Å²) >= 11 is 0. The van der Waals surface area contributed by atoms with Crippen molar-refractivity contribution in [2.24, 2.45) is 0 Å². The maximum absolute atomic E-state index is 4.96. The molecule has 0 spiro atoms. The molecule has 0 bridgehead atoms. The number of fused-ring (bicyclic) bond motifs is 2. The minimum Gasteiger partial charge on any atom is -0.372 e. The van der Waals surface area contributed by atoms with Crippen LogP contribution < -0.4 is 15.5 Å². The number of aromatic nitrogens is 4. The third kappa shape index (κ3) is 2.76. The van der Waals surface area contributed by atoms with Crippen LogP contribution in [-0.2, 0) is 5.66 Å². The van der Waals surface area contributed by atoms with E-state index in [0.717, 1.165) is 47.1 Å². The van der Waals surface area contributed by atoms with Crippen molar-refractivity contribution in [1.82, 2.24) is 19.6 Å². The average molecular weight is 412 g/mol. The Labute approximate surface area is 181 Å². The Morgan fingerprint density at radius 2 is 1.68 bits per heavy atom. The maximum atomic E-state index is 4.96. The van der Waals surface area contributed by atoms with Gasteiger partial charge in [0.1, 0.15) is 0 Å². The lowest BCUT2D eigenvalue weighted by molar-refractivity contribution is 0.640. The largest absolute Gasteiger partial charge is 0.372 e. The lowest BCUT2D eigenvalue weighted by atomic mass is 9.98. The van der Waals surface area contributed by atoms with Crippen molar-refractivity contribution in [2.75, 3.05) is 28.6 Å². The molecular weight excluding hydrogens is 386 g/mol. The highest BCUT2D eigenvalue weighted by Gasteiger charge is 2.44. The predicted molar refractivity (Wildman–Crippen MR) is 123 cm³/mol. The van der Waals surface area contributed by atoms with Crippen LogP contribution >= 0.6 is 0 Å². The van der Waals surface area contributed by atoms with Crippen molar-refractivity contribution in [3.05, 3.63) is 77.5 Å². The second-order valence-electron chi connectivity index (χ2n) is 8.45. The topological polar surface area (TPSA) is 70.4 Å². The van der Waals surface area contributed by atoms with E-state index in [1.54, 1.807) is 0 Å². The summed E-state index contributed by atoms with van der Waals surface area (Å²) < 4.78 is 1.89. The molecule has 0 radical (unpaired) electrons. The highest BCUT2D eigenvalue weighted by molar-refractivity contribution is 5.79. The average Bonchev–Trinajstić information content (AvgIpc) is 3.54. The summed E-state index contributed by atoms with van der Waals surface area (Å²) in [7, 11) is 0. The summed E-state index contributed by atoms with van der Waals surface area (Å²) in [6.07, 6.45) is 4.33. The van der Waals surface area contributed by atoms with Crippen LogP contribution in [0.2, 0.25) is 0 Å². The smallest absolute Gasteiger partial charge is 0.202 e.